The molecule has 0 aromatic rings. The highest BCUT2D eigenvalue weighted by atomic mass is 16.7. The number of hydrogen-bond donors (Lipinski definition) is 1. The minimum Gasteiger partial charge on any atom is -0.450 e. The lowest BCUT2D eigenvalue weighted by molar-refractivity contribution is -0.00218. The van der Waals surface area contributed by atoms with Crippen LogP contribution < -0.4 is 0 Å². The molecule has 0 aromatic heterocycles. The molecule has 0 saturated carbocycles. The van der Waals surface area contributed by atoms with Crippen LogP contribution in [0.4, 0.5) is 4.79 Å². The van der Waals surface area contributed by atoms with Crippen LogP contribution in [-0.2, 0) is 4.74 Å². The highest BCUT2D eigenvalue weighted by Gasteiger charge is 2.21. The van der Waals surface area contributed by atoms with Crippen LogP contribution in [0.3, 0.4) is 0 Å². The summed E-state index contributed by atoms with van der Waals surface area (Å²) in [5.74, 6) is 0. The minimum atomic E-state index is -1.19. The van der Waals surface area contributed by atoms with Gasteiger partial charge in [-0.15, -0.1) is 0 Å². The number of rotatable bonds is 6. The molecule has 0 bridgehead atoms. The van der Waals surface area contributed by atoms with E-state index < -0.39 is 11.8 Å². The second kappa shape index (κ2) is 6.46. The standard InChI is InChI=1S/C11H20O3/c1-4-5-6-7-8-9-11(2,3)14-10(12)13/h4-5H,6-9H2,1-3H3,(H,12,13). The Morgan fingerprint density at radius 1 is 1.43 bits per heavy atom. The molecule has 0 spiro atoms. The Hall–Kier alpha value is -0.990. The van der Waals surface area contributed by atoms with E-state index in [1.807, 2.05) is 13.0 Å². The van der Waals surface area contributed by atoms with Crippen molar-refractivity contribution in [2.45, 2.75) is 52.1 Å². The predicted octanol–water partition coefficient (Wildman–Crippen LogP) is 3.60. The van der Waals surface area contributed by atoms with Gasteiger partial charge in [-0.25, -0.2) is 4.79 Å². The van der Waals surface area contributed by atoms with Gasteiger partial charge in [0.25, 0.3) is 0 Å². The van der Waals surface area contributed by atoms with Gasteiger partial charge in [-0.05, 0) is 46.5 Å². The number of hydrogen-bond acceptors (Lipinski definition) is 2. The summed E-state index contributed by atoms with van der Waals surface area (Å²) in [7, 11) is 0. The molecule has 0 fully saturated rings. The normalized spacial score (nSPS) is 11.9. The fourth-order valence-electron chi connectivity index (χ4n) is 1.27. The quantitative estimate of drug-likeness (QED) is 0.405. The van der Waals surface area contributed by atoms with E-state index in [1.165, 1.54) is 0 Å². The average molecular weight is 200 g/mol. The van der Waals surface area contributed by atoms with Crippen molar-refractivity contribution in [3.05, 3.63) is 12.2 Å². The lowest BCUT2D eigenvalue weighted by Gasteiger charge is -2.22. The molecule has 0 aromatic carbocycles. The molecule has 0 atom stereocenters. The van der Waals surface area contributed by atoms with Gasteiger partial charge in [0, 0.05) is 0 Å². The highest BCUT2D eigenvalue weighted by molar-refractivity contribution is 5.57. The molecule has 3 nitrogen and oxygen atoms in total. The zero-order chi connectivity index (χ0) is 11.0. The van der Waals surface area contributed by atoms with Crippen LogP contribution in [0.2, 0.25) is 0 Å². The topological polar surface area (TPSA) is 46.5 Å². The van der Waals surface area contributed by atoms with Gasteiger partial charge in [0.05, 0.1) is 0 Å². The Morgan fingerprint density at radius 3 is 2.57 bits per heavy atom. The summed E-state index contributed by atoms with van der Waals surface area (Å²) in [4.78, 5) is 10.3. The summed E-state index contributed by atoms with van der Waals surface area (Å²) in [6.45, 7) is 5.60. The molecule has 0 heterocycles. The summed E-state index contributed by atoms with van der Waals surface area (Å²) in [6.07, 6.45) is 6.85. The monoisotopic (exact) mass is 200 g/mol. The SMILES string of the molecule is CC=CCCCCC(C)(C)OC(=O)O. The first kappa shape index (κ1) is 13.0. The van der Waals surface area contributed by atoms with E-state index in [4.69, 9.17) is 9.84 Å². The van der Waals surface area contributed by atoms with Crippen LogP contribution >= 0.6 is 0 Å². The number of unbranched alkanes of at least 4 members (excludes halogenated alkanes) is 2. The second-order valence-electron chi connectivity index (χ2n) is 3.94. The van der Waals surface area contributed by atoms with Crippen molar-refractivity contribution in [2.75, 3.05) is 0 Å². The minimum absolute atomic E-state index is 0.554. The third kappa shape index (κ3) is 7.65. The molecule has 82 valence electrons. The molecule has 0 unspecified atom stereocenters. The van der Waals surface area contributed by atoms with Gasteiger partial charge in [0.2, 0.25) is 0 Å². The molecule has 0 amide bonds. The van der Waals surface area contributed by atoms with Gasteiger partial charge in [-0.3, -0.25) is 0 Å². The molecule has 1 N–H and O–H groups in total. The summed E-state index contributed by atoms with van der Waals surface area (Å²) in [5.41, 5.74) is -0.554. The zero-order valence-electron chi connectivity index (χ0n) is 9.25. The highest BCUT2D eigenvalue weighted by Crippen LogP contribution is 2.18. The zero-order valence-corrected chi connectivity index (χ0v) is 9.25. The summed E-state index contributed by atoms with van der Waals surface area (Å²) in [5, 5.41) is 8.46. The maximum atomic E-state index is 10.3. The third-order valence-corrected chi connectivity index (χ3v) is 2.00. The lowest BCUT2D eigenvalue weighted by Crippen LogP contribution is -2.27. The van der Waals surface area contributed by atoms with E-state index in [2.05, 4.69) is 6.08 Å². The Labute approximate surface area is 85.8 Å². The van der Waals surface area contributed by atoms with E-state index in [0.29, 0.717) is 0 Å². The first-order chi connectivity index (χ1) is 6.48. The van der Waals surface area contributed by atoms with E-state index in [9.17, 15) is 4.79 Å². The van der Waals surface area contributed by atoms with Crippen LogP contribution in [0.5, 0.6) is 0 Å². The van der Waals surface area contributed by atoms with Gasteiger partial charge < -0.3 is 9.84 Å². The smallest absolute Gasteiger partial charge is 0.450 e. The van der Waals surface area contributed by atoms with Crippen molar-refractivity contribution >= 4 is 6.16 Å². The molecule has 0 aliphatic heterocycles. The van der Waals surface area contributed by atoms with Crippen LogP contribution in [0.15, 0.2) is 12.2 Å². The first-order valence-corrected chi connectivity index (χ1v) is 5.01. The van der Waals surface area contributed by atoms with Crippen LogP contribution in [0.25, 0.3) is 0 Å². The van der Waals surface area contributed by atoms with E-state index >= 15 is 0 Å². The predicted molar refractivity (Wildman–Crippen MR) is 56.5 cm³/mol. The molecule has 0 radical (unpaired) electrons. The molecule has 0 aliphatic carbocycles. The van der Waals surface area contributed by atoms with E-state index in [-0.39, 0.29) is 0 Å². The number of allylic oxidation sites excluding steroid dienone is 2. The van der Waals surface area contributed by atoms with Crippen LogP contribution in [-0.4, -0.2) is 16.9 Å². The van der Waals surface area contributed by atoms with E-state index in [0.717, 1.165) is 25.7 Å². The van der Waals surface area contributed by atoms with Crippen molar-refractivity contribution in [3.8, 4) is 0 Å². The Kier molecular flexibility index (Phi) is 6.00. The number of carbonyl (C=O) groups is 1. The van der Waals surface area contributed by atoms with Gasteiger partial charge in [-0.1, -0.05) is 12.2 Å². The van der Waals surface area contributed by atoms with Gasteiger partial charge in [-0.2, -0.15) is 0 Å². The lowest BCUT2D eigenvalue weighted by atomic mass is 10.0. The van der Waals surface area contributed by atoms with Gasteiger partial charge in [0.1, 0.15) is 5.60 Å². The second-order valence-corrected chi connectivity index (χ2v) is 3.94. The molecule has 14 heavy (non-hydrogen) atoms. The molecule has 3 heteroatoms. The third-order valence-electron chi connectivity index (χ3n) is 2.00. The summed E-state index contributed by atoms with van der Waals surface area (Å²) in [6, 6.07) is 0. The van der Waals surface area contributed by atoms with Gasteiger partial charge >= 0.3 is 6.16 Å². The van der Waals surface area contributed by atoms with Crippen LogP contribution in [0, 0.1) is 0 Å². The van der Waals surface area contributed by atoms with Crippen molar-refractivity contribution in [2.24, 2.45) is 0 Å². The van der Waals surface area contributed by atoms with Crippen molar-refractivity contribution in [1.82, 2.24) is 0 Å². The number of carboxylic acid groups (broad SMARTS) is 1. The Bertz CT molecular complexity index is 195. The molecule has 0 saturated heterocycles. The molecular formula is C11H20O3. The maximum Gasteiger partial charge on any atom is 0.506 e. The fourth-order valence-corrected chi connectivity index (χ4v) is 1.27. The van der Waals surface area contributed by atoms with Crippen molar-refractivity contribution in [1.29, 1.82) is 0 Å². The van der Waals surface area contributed by atoms with E-state index in [1.54, 1.807) is 13.8 Å². The maximum absolute atomic E-state index is 10.3. The molecular weight excluding hydrogens is 180 g/mol. The fraction of sp³-hybridized carbons (Fsp3) is 0.727. The Balaban J connectivity index is 3.60. The summed E-state index contributed by atoms with van der Waals surface area (Å²) >= 11 is 0. The Morgan fingerprint density at radius 2 is 2.07 bits per heavy atom. The largest absolute Gasteiger partial charge is 0.506 e. The van der Waals surface area contributed by atoms with Gasteiger partial charge in [0.15, 0.2) is 0 Å². The van der Waals surface area contributed by atoms with Crippen molar-refractivity contribution in [3.63, 3.8) is 0 Å². The molecule has 0 rings (SSSR count). The summed E-state index contributed by atoms with van der Waals surface area (Å²) < 4.78 is 4.74. The van der Waals surface area contributed by atoms with Crippen molar-refractivity contribution < 1.29 is 14.6 Å². The molecule has 0 aliphatic rings. The van der Waals surface area contributed by atoms with Crippen LogP contribution in [0.1, 0.15) is 46.5 Å². The number of ether oxygens (including phenoxy) is 1. The average Bonchev–Trinajstić information content (AvgIpc) is 2.01. The first-order valence-electron chi connectivity index (χ1n) is 5.01.